The lowest BCUT2D eigenvalue weighted by Crippen LogP contribution is -1.88. The van der Waals surface area contributed by atoms with Crippen LogP contribution in [0.25, 0.3) is 0 Å². The van der Waals surface area contributed by atoms with E-state index >= 15 is 0 Å². The highest BCUT2D eigenvalue weighted by molar-refractivity contribution is 9.10. The van der Waals surface area contributed by atoms with Crippen molar-refractivity contribution in [2.75, 3.05) is 0 Å². The number of hydrogen-bond acceptors (Lipinski definition) is 3. The second kappa shape index (κ2) is 3.88. The molecule has 0 radical (unpaired) electrons. The Balaban J connectivity index is 2.27. The van der Waals surface area contributed by atoms with Crippen molar-refractivity contribution in [3.8, 4) is 0 Å². The van der Waals surface area contributed by atoms with Crippen molar-refractivity contribution in [1.29, 1.82) is 0 Å². The third-order valence-corrected chi connectivity index (χ3v) is 4.46. The molecule has 4 heteroatoms. The van der Waals surface area contributed by atoms with Gasteiger partial charge in [0.1, 0.15) is 4.60 Å². The maximum absolute atomic E-state index is 10.5. The van der Waals surface area contributed by atoms with Gasteiger partial charge in [-0.25, -0.2) is 4.98 Å². The minimum absolute atomic E-state index is 0.591. The third kappa shape index (κ3) is 1.83. The first-order valence-corrected chi connectivity index (χ1v) is 6.03. The van der Waals surface area contributed by atoms with Crippen LogP contribution in [-0.2, 0) is 0 Å². The summed E-state index contributed by atoms with van der Waals surface area (Å²) in [4.78, 5) is 15.9. The summed E-state index contributed by atoms with van der Waals surface area (Å²) >= 11 is 4.94. The van der Waals surface area contributed by atoms with E-state index in [-0.39, 0.29) is 0 Å². The summed E-state index contributed by atoms with van der Waals surface area (Å²) in [6.45, 7) is 0. The molecule has 0 N–H and O–H groups in total. The Bertz CT molecular complexity index is 317. The fraction of sp³-hybridized carbons (Fsp3) is 0.556. The Hall–Kier alpha value is -0.220. The molecule has 70 valence electrons. The van der Waals surface area contributed by atoms with Crippen molar-refractivity contribution < 1.29 is 4.79 Å². The highest BCUT2D eigenvalue weighted by Gasteiger charge is 2.22. The van der Waals surface area contributed by atoms with Gasteiger partial charge >= 0.3 is 0 Å². The standard InChI is InChI=1S/C9H10BrNOS/c10-9-8(6-3-1-2-4-6)13-7(5-12)11-9/h5-6H,1-4H2. The molecule has 0 bridgehead atoms. The summed E-state index contributed by atoms with van der Waals surface area (Å²) in [6.07, 6.45) is 5.95. The van der Waals surface area contributed by atoms with Crippen molar-refractivity contribution in [2.24, 2.45) is 0 Å². The fourth-order valence-electron chi connectivity index (χ4n) is 1.82. The van der Waals surface area contributed by atoms with Gasteiger partial charge in [-0.1, -0.05) is 12.8 Å². The van der Waals surface area contributed by atoms with E-state index in [0.29, 0.717) is 10.9 Å². The molecule has 1 aromatic heterocycles. The molecule has 1 aliphatic carbocycles. The van der Waals surface area contributed by atoms with Gasteiger partial charge in [0.05, 0.1) is 0 Å². The molecular weight excluding hydrogens is 250 g/mol. The Morgan fingerprint density at radius 3 is 2.69 bits per heavy atom. The molecule has 1 fully saturated rings. The lowest BCUT2D eigenvalue weighted by atomic mass is 10.1. The van der Waals surface area contributed by atoms with E-state index in [1.807, 2.05) is 0 Å². The van der Waals surface area contributed by atoms with Crippen molar-refractivity contribution in [3.05, 3.63) is 14.5 Å². The summed E-state index contributed by atoms with van der Waals surface area (Å²) in [5, 5.41) is 0.591. The summed E-state index contributed by atoms with van der Waals surface area (Å²) in [5.41, 5.74) is 0. The maximum Gasteiger partial charge on any atom is 0.178 e. The second-order valence-electron chi connectivity index (χ2n) is 3.31. The number of halogens is 1. The van der Waals surface area contributed by atoms with Gasteiger partial charge in [-0.15, -0.1) is 11.3 Å². The number of aromatic nitrogens is 1. The Morgan fingerprint density at radius 2 is 2.15 bits per heavy atom. The molecule has 0 spiro atoms. The largest absolute Gasteiger partial charge is 0.295 e. The Morgan fingerprint density at radius 1 is 1.46 bits per heavy atom. The van der Waals surface area contributed by atoms with Gasteiger partial charge in [-0.2, -0.15) is 0 Å². The number of nitrogens with zero attached hydrogens (tertiary/aromatic N) is 1. The molecule has 0 aliphatic heterocycles. The number of aldehydes is 1. The smallest absolute Gasteiger partial charge is 0.178 e. The van der Waals surface area contributed by atoms with Crippen molar-refractivity contribution in [1.82, 2.24) is 4.98 Å². The van der Waals surface area contributed by atoms with Gasteiger partial charge in [0, 0.05) is 4.88 Å². The topological polar surface area (TPSA) is 30.0 Å². The predicted molar refractivity (Wildman–Crippen MR) is 56.4 cm³/mol. The van der Waals surface area contributed by atoms with Crippen molar-refractivity contribution >= 4 is 33.6 Å². The van der Waals surface area contributed by atoms with Crippen LogP contribution in [0.5, 0.6) is 0 Å². The van der Waals surface area contributed by atoms with Gasteiger partial charge in [0.2, 0.25) is 0 Å². The summed E-state index contributed by atoms with van der Waals surface area (Å²) in [7, 11) is 0. The number of hydrogen-bond donors (Lipinski definition) is 0. The summed E-state index contributed by atoms with van der Waals surface area (Å²) < 4.78 is 0.881. The van der Waals surface area contributed by atoms with E-state index in [1.165, 1.54) is 41.9 Å². The van der Waals surface area contributed by atoms with Crippen LogP contribution in [0.3, 0.4) is 0 Å². The first kappa shape index (κ1) is 9.34. The zero-order valence-corrected chi connectivity index (χ0v) is 9.53. The van der Waals surface area contributed by atoms with E-state index in [1.54, 1.807) is 0 Å². The zero-order valence-electron chi connectivity index (χ0n) is 7.12. The van der Waals surface area contributed by atoms with E-state index in [0.717, 1.165) is 10.9 Å². The molecule has 2 rings (SSSR count). The monoisotopic (exact) mass is 259 g/mol. The molecule has 1 aromatic rings. The molecule has 1 saturated carbocycles. The molecule has 0 amide bonds. The molecule has 0 atom stereocenters. The quantitative estimate of drug-likeness (QED) is 0.763. The van der Waals surface area contributed by atoms with Crippen LogP contribution in [0, 0.1) is 0 Å². The van der Waals surface area contributed by atoms with Crippen LogP contribution in [0.4, 0.5) is 0 Å². The SMILES string of the molecule is O=Cc1nc(Br)c(C2CCCC2)s1. The van der Waals surface area contributed by atoms with Crippen molar-refractivity contribution in [2.45, 2.75) is 31.6 Å². The minimum Gasteiger partial charge on any atom is -0.295 e. The average molecular weight is 260 g/mol. The van der Waals surface area contributed by atoms with Crippen LogP contribution in [0.15, 0.2) is 4.60 Å². The molecule has 1 heterocycles. The third-order valence-electron chi connectivity index (χ3n) is 2.45. The van der Waals surface area contributed by atoms with Crippen LogP contribution in [0.1, 0.15) is 46.3 Å². The van der Waals surface area contributed by atoms with E-state index < -0.39 is 0 Å². The van der Waals surface area contributed by atoms with Crippen LogP contribution < -0.4 is 0 Å². The maximum atomic E-state index is 10.5. The highest BCUT2D eigenvalue weighted by atomic mass is 79.9. The number of rotatable bonds is 2. The van der Waals surface area contributed by atoms with Gasteiger partial charge in [0.15, 0.2) is 11.3 Å². The molecule has 0 saturated heterocycles. The van der Waals surface area contributed by atoms with E-state index in [4.69, 9.17) is 0 Å². The first-order chi connectivity index (χ1) is 6.31. The lowest BCUT2D eigenvalue weighted by Gasteiger charge is -2.04. The van der Waals surface area contributed by atoms with Gasteiger partial charge in [0.25, 0.3) is 0 Å². The molecule has 2 nitrogen and oxygen atoms in total. The molecule has 13 heavy (non-hydrogen) atoms. The molecule has 0 unspecified atom stereocenters. The van der Waals surface area contributed by atoms with Gasteiger partial charge < -0.3 is 0 Å². The van der Waals surface area contributed by atoms with Crippen LogP contribution >= 0.6 is 27.3 Å². The minimum atomic E-state index is 0.591. The average Bonchev–Trinajstić information content (AvgIpc) is 2.72. The van der Waals surface area contributed by atoms with Crippen molar-refractivity contribution in [3.63, 3.8) is 0 Å². The number of thiazole rings is 1. The van der Waals surface area contributed by atoms with Crippen LogP contribution in [-0.4, -0.2) is 11.3 Å². The normalized spacial score (nSPS) is 17.9. The lowest BCUT2D eigenvalue weighted by molar-refractivity contribution is 0.112. The summed E-state index contributed by atoms with van der Waals surface area (Å²) in [6, 6.07) is 0. The molecule has 0 aromatic carbocycles. The predicted octanol–water partition coefficient (Wildman–Crippen LogP) is 3.38. The molecular formula is C9H10BrNOS. The Labute approximate surface area is 89.5 Å². The number of carbonyl (C=O) groups is 1. The number of carbonyl (C=O) groups excluding carboxylic acids is 1. The van der Waals surface area contributed by atoms with Crippen LogP contribution in [0.2, 0.25) is 0 Å². The van der Waals surface area contributed by atoms with Gasteiger partial charge in [-0.3, -0.25) is 4.79 Å². The molecule has 1 aliphatic rings. The fourth-order valence-corrected chi connectivity index (χ4v) is 3.64. The Kier molecular flexibility index (Phi) is 2.79. The summed E-state index contributed by atoms with van der Waals surface area (Å²) in [5.74, 6) is 0.639. The first-order valence-electron chi connectivity index (χ1n) is 4.42. The zero-order chi connectivity index (χ0) is 9.26. The van der Waals surface area contributed by atoms with E-state index in [2.05, 4.69) is 20.9 Å². The van der Waals surface area contributed by atoms with E-state index in [9.17, 15) is 4.79 Å². The second-order valence-corrected chi connectivity index (χ2v) is 5.12. The highest BCUT2D eigenvalue weighted by Crippen LogP contribution is 2.40. The van der Waals surface area contributed by atoms with Gasteiger partial charge in [-0.05, 0) is 34.7 Å².